The predicted molar refractivity (Wildman–Crippen MR) is 57.7 cm³/mol. The third-order valence-electron chi connectivity index (χ3n) is 2.90. The predicted octanol–water partition coefficient (Wildman–Crippen LogP) is 1.78. The summed E-state index contributed by atoms with van der Waals surface area (Å²) in [5.74, 6) is 2.33. The van der Waals surface area contributed by atoms with Crippen molar-refractivity contribution >= 4 is 0 Å². The van der Waals surface area contributed by atoms with Gasteiger partial charge in [-0.25, -0.2) is 4.98 Å². The van der Waals surface area contributed by atoms with Crippen LogP contribution in [-0.2, 0) is 6.42 Å². The second-order valence-corrected chi connectivity index (χ2v) is 4.35. The zero-order valence-corrected chi connectivity index (χ0v) is 9.22. The molecule has 2 N–H and O–H groups in total. The highest BCUT2D eigenvalue weighted by molar-refractivity contribution is 5.21. The second-order valence-electron chi connectivity index (χ2n) is 4.35. The maximum absolute atomic E-state index is 4.71. The summed E-state index contributed by atoms with van der Waals surface area (Å²) in [6, 6.07) is 0. The molecule has 2 rings (SSSR count). The number of hydrogen-bond donors (Lipinski definition) is 2. The summed E-state index contributed by atoms with van der Waals surface area (Å²) >= 11 is 0. The Bertz CT molecular complexity index is 310. The van der Waals surface area contributed by atoms with Gasteiger partial charge in [0, 0.05) is 24.7 Å². The van der Waals surface area contributed by atoms with Gasteiger partial charge in [0.2, 0.25) is 0 Å². The van der Waals surface area contributed by atoms with Crippen molar-refractivity contribution in [1.82, 2.24) is 15.3 Å². The highest BCUT2D eigenvalue weighted by Gasteiger charge is 2.23. The van der Waals surface area contributed by atoms with Crippen LogP contribution in [0.3, 0.4) is 0 Å². The van der Waals surface area contributed by atoms with Crippen LogP contribution in [0.5, 0.6) is 0 Å². The van der Waals surface area contributed by atoms with Crippen LogP contribution in [-0.4, -0.2) is 23.1 Å². The van der Waals surface area contributed by atoms with Gasteiger partial charge < -0.3 is 10.3 Å². The number of aromatic amines is 1. The lowest BCUT2D eigenvalue weighted by molar-refractivity contribution is 0.431. The zero-order chi connectivity index (χ0) is 10.1. The van der Waals surface area contributed by atoms with Crippen LogP contribution in [0, 0.1) is 0 Å². The van der Waals surface area contributed by atoms with Gasteiger partial charge in [0.15, 0.2) is 0 Å². The van der Waals surface area contributed by atoms with Gasteiger partial charge in [-0.1, -0.05) is 20.8 Å². The van der Waals surface area contributed by atoms with Crippen molar-refractivity contribution in [3.8, 4) is 0 Å². The van der Waals surface area contributed by atoms with Gasteiger partial charge in [-0.05, 0) is 12.3 Å². The maximum atomic E-state index is 4.71. The summed E-state index contributed by atoms with van der Waals surface area (Å²) in [6.45, 7) is 8.75. The molecule has 0 aromatic carbocycles. The zero-order valence-electron chi connectivity index (χ0n) is 9.22. The van der Waals surface area contributed by atoms with Gasteiger partial charge in [-0.15, -0.1) is 0 Å². The van der Waals surface area contributed by atoms with E-state index < -0.39 is 0 Å². The summed E-state index contributed by atoms with van der Waals surface area (Å²) in [4.78, 5) is 8.17. The van der Waals surface area contributed by atoms with Crippen LogP contribution in [0.4, 0.5) is 0 Å². The average Bonchev–Trinajstić information content (AvgIpc) is 2.45. The topological polar surface area (TPSA) is 40.7 Å². The summed E-state index contributed by atoms with van der Waals surface area (Å²) in [7, 11) is 0. The third kappa shape index (κ3) is 1.57. The Kier molecular flexibility index (Phi) is 2.59. The first kappa shape index (κ1) is 9.71. The van der Waals surface area contributed by atoms with Gasteiger partial charge in [0.1, 0.15) is 5.82 Å². The fourth-order valence-corrected chi connectivity index (χ4v) is 1.87. The molecule has 0 spiro atoms. The first-order valence-electron chi connectivity index (χ1n) is 5.51. The smallest absolute Gasteiger partial charge is 0.112 e. The van der Waals surface area contributed by atoms with Crippen molar-refractivity contribution in [1.29, 1.82) is 0 Å². The molecule has 0 aliphatic carbocycles. The molecule has 0 atom stereocenters. The molecule has 3 heteroatoms. The van der Waals surface area contributed by atoms with Crippen molar-refractivity contribution in [2.45, 2.75) is 39.0 Å². The lowest BCUT2D eigenvalue weighted by Crippen LogP contribution is -2.40. The number of imidazole rings is 1. The SMILES string of the molecule is CCc1[nH]c(C2CNC2)nc1C(C)C. The van der Waals surface area contributed by atoms with Crippen molar-refractivity contribution in [3.63, 3.8) is 0 Å². The molecule has 0 saturated carbocycles. The van der Waals surface area contributed by atoms with Crippen molar-refractivity contribution in [2.75, 3.05) is 13.1 Å². The molecule has 1 aliphatic heterocycles. The minimum absolute atomic E-state index is 0.531. The number of H-pyrrole nitrogens is 1. The third-order valence-corrected chi connectivity index (χ3v) is 2.90. The molecule has 1 fully saturated rings. The highest BCUT2D eigenvalue weighted by Crippen LogP contribution is 2.23. The summed E-state index contributed by atoms with van der Waals surface area (Å²) in [6.07, 6.45) is 1.06. The van der Waals surface area contributed by atoms with E-state index in [-0.39, 0.29) is 0 Å². The molecule has 3 nitrogen and oxygen atoms in total. The molecule has 78 valence electrons. The molecule has 0 amide bonds. The van der Waals surface area contributed by atoms with E-state index in [1.165, 1.54) is 17.2 Å². The molecule has 2 heterocycles. The lowest BCUT2D eigenvalue weighted by atomic mass is 10.0. The minimum Gasteiger partial charge on any atom is -0.345 e. The van der Waals surface area contributed by atoms with Gasteiger partial charge in [0.25, 0.3) is 0 Å². The highest BCUT2D eigenvalue weighted by atomic mass is 15.0. The van der Waals surface area contributed by atoms with Crippen LogP contribution in [0.25, 0.3) is 0 Å². The number of hydrogen-bond acceptors (Lipinski definition) is 2. The quantitative estimate of drug-likeness (QED) is 0.768. The van der Waals surface area contributed by atoms with Crippen LogP contribution in [0.2, 0.25) is 0 Å². The Morgan fingerprint density at radius 3 is 2.50 bits per heavy atom. The number of nitrogens with one attached hydrogen (secondary N) is 2. The molecule has 1 aromatic rings. The van der Waals surface area contributed by atoms with E-state index in [9.17, 15) is 0 Å². The molecular weight excluding hydrogens is 174 g/mol. The van der Waals surface area contributed by atoms with Crippen LogP contribution in [0.1, 0.15) is 49.8 Å². The summed E-state index contributed by atoms with van der Waals surface area (Å²) in [5, 5.41) is 3.28. The maximum Gasteiger partial charge on any atom is 0.112 e. The molecule has 1 aromatic heterocycles. The molecule has 0 bridgehead atoms. The average molecular weight is 193 g/mol. The van der Waals surface area contributed by atoms with Crippen molar-refractivity contribution < 1.29 is 0 Å². The van der Waals surface area contributed by atoms with Gasteiger partial charge in [-0.2, -0.15) is 0 Å². The van der Waals surface area contributed by atoms with Crippen molar-refractivity contribution in [3.05, 3.63) is 17.2 Å². The number of aromatic nitrogens is 2. The number of aryl methyl sites for hydroxylation is 1. The Hall–Kier alpha value is -0.830. The Balaban J connectivity index is 2.25. The standard InChI is InChI=1S/C11H19N3/c1-4-9-10(7(2)3)14-11(13-9)8-5-12-6-8/h7-8,12H,4-6H2,1-3H3,(H,13,14). The Labute approximate surface area is 85.3 Å². The molecule has 1 saturated heterocycles. The van der Waals surface area contributed by atoms with E-state index in [0.29, 0.717) is 11.8 Å². The van der Waals surface area contributed by atoms with E-state index in [4.69, 9.17) is 4.98 Å². The first-order valence-corrected chi connectivity index (χ1v) is 5.51. The molecule has 0 radical (unpaired) electrons. The fourth-order valence-electron chi connectivity index (χ4n) is 1.87. The van der Waals surface area contributed by atoms with E-state index in [1.807, 2.05) is 0 Å². The Morgan fingerprint density at radius 2 is 2.14 bits per heavy atom. The normalized spacial score (nSPS) is 17.4. The van der Waals surface area contributed by atoms with Gasteiger partial charge >= 0.3 is 0 Å². The van der Waals surface area contributed by atoms with Gasteiger partial charge in [0.05, 0.1) is 5.69 Å². The monoisotopic (exact) mass is 193 g/mol. The molecule has 14 heavy (non-hydrogen) atoms. The van der Waals surface area contributed by atoms with Crippen LogP contribution >= 0.6 is 0 Å². The summed E-state index contributed by atoms with van der Waals surface area (Å²) in [5.41, 5.74) is 2.58. The van der Waals surface area contributed by atoms with Gasteiger partial charge in [-0.3, -0.25) is 0 Å². The Morgan fingerprint density at radius 1 is 1.43 bits per heavy atom. The van der Waals surface area contributed by atoms with E-state index in [0.717, 1.165) is 19.5 Å². The number of rotatable bonds is 3. The second kappa shape index (κ2) is 3.73. The molecule has 1 aliphatic rings. The first-order chi connectivity index (χ1) is 6.72. The largest absolute Gasteiger partial charge is 0.345 e. The molecular formula is C11H19N3. The van der Waals surface area contributed by atoms with Crippen molar-refractivity contribution in [2.24, 2.45) is 0 Å². The lowest BCUT2D eigenvalue weighted by Gasteiger charge is -2.24. The van der Waals surface area contributed by atoms with E-state index in [1.54, 1.807) is 0 Å². The van der Waals surface area contributed by atoms with Crippen LogP contribution < -0.4 is 5.32 Å². The minimum atomic E-state index is 0.531. The number of nitrogens with zero attached hydrogens (tertiary/aromatic N) is 1. The van der Waals surface area contributed by atoms with Crippen LogP contribution in [0.15, 0.2) is 0 Å². The van der Waals surface area contributed by atoms with E-state index in [2.05, 4.69) is 31.1 Å². The fraction of sp³-hybridized carbons (Fsp3) is 0.727. The van der Waals surface area contributed by atoms with E-state index >= 15 is 0 Å². The molecule has 0 unspecified atom stereocenters. The summed E-state index contributed by atoms with van der Waals surface area (Å²) < 4.78 is 0.